The van der Waals surface area contributed by atoms with Crippen LogP contribution in [0.2, 0.25) is 0 Å². The number of hydrogen-bond acceptors (Lipinski definition) is 4. The minimum Gasteiger partial charge on any atom is -0.478 e. The number of nitrogens with zero attached hydrogens (tertiary/aromatic N) is 1. The molecule has 1 fully saturated rings. The van der Waals surface area contributed by atoms with Gasteiger partial charge in [-0.2, -0.15) is 11.8 Å². The van der Waals surface area contributed by atoms with Gasteiger partial charge in [-0.25, -0.2) is 4.79 Å². The first-order chi connectivity index (χ1) is 11.1. The van der Waals surface area contributed by atoms with E-state index in [-0.39, 0.29) is 23.3 Å². The van der Waals surface area contributed by atoms with Crippen molar-refractivity contribution in [1.29, 1.82) is 0 Å². The van der Waals surface area contributed by atoms with Gasteiger partial charge in [-0.3, -0.25) is 4.79 Å². The number of carbonyl (C=O) groups excluding carboxylic acids is 1. The molecule has 0 bridgehead atoms. The number of carboxylic acid groups (broad SMARTS) is 1. The van der Waals surface area contributed by atoms with E-state index in [1.54, 1.807) is 4.90 Å². The smallest absolute Gasteiger partial charge is 0.338 e. The van der Waals surface area contributed by atoms with Gasteiger partial charge in [0.25, 0.3) is 5.91 Å². The minimum atomic E-state index is -1.10. The van der Waals surface area contributed by atoms with Gasteiger partial charge in [0, 0.05) is 24.1 Å². The number of aryl methyl sites for hydroxylation is 1. The van der Waals surface area contributed by atoms with Crippen LogP contribution in [0, 0.1) is 6.92 Å². The number of amides is 1. The molecule has 3 rings (SSSR count). The molecule has 5 nitrogen and oxygen atoms in total. The van der Waals surface area contributed by atoms with E-state index in [9.17, 15) is 9.59 Å². The predicted octanol–water partition coefficient (Wildman–Crippen LogP) is 3.22. The Morgan fingerprint density at radius 2 is 2.04 bits per heavy atom. The molecule has 2 aromatic rings. The van der Waals surface area contributed by atoms with Gasteiger partial charge in [0.1, 0.15) is 6.26 Å². The highest BCUT2D eigenvalue weighted by atomic mass is 32.2. The zero-order chi connectivity index (χ0) is 16.4. The van der Waals surface area contributed by atoms with Crippen molar-refractivity contribution in [2.45, 2.75) is 13.0 Å². The van der Waals surface area contributed by atoms with Gasteiger partial charge in [0.2, 0.25) is 0 Å². The molecule has 120 valence electrons. The molecule has 1 N–H and O–H groups in total. The molecule has 23 heavy (non-hydrogen) atoms. The van der Waals surface area contributed by atoms with Crippen LogP contribution < -0.4 is 0 Å². The summed E-state index contributed by atoms with van der Waals surface area (Å²) in [5, 5.41) is 8.96. The fourth-order valence-electron chi connectivity index (χ4n) is 2.61. The van der Waals surface area contributed by atoms with Gasteiger partial charge in [-0.05, 0) is 12.5 Å². The number of carbonyl (C=O) groups is 2. The quantitative estimate of drug-likeness (QED) is 0.935. The van der Waals surface area contributed by atoms with Crippen molar-refractivity contribution in [2.75, 3.05) is 18.1 Å². The minimum absolute atomic E-state index is 0.00776. The van der Waals surface area contributed by atoms with Gasteiger partial charge >= 0.3 is 5.97 Å². The molecule has 1 saturated heterocycles. The molecule has 1 unspecified atom stereocenters. The van der Waals surface area contributed by atoms with E-state index in [0.29, 0.717) is 6.54 Å². The lowest BCUT2D eigenvalue weighted by Gasteiger charge is -2.35. The Bertz CT molecular complexity index is 722. The van der Waals surface area contributed by atoms with Gasteiger partial charge < -0.3 is 14.4 Å². The Labute approximate surface area is 138 Å². The van der Waals surface area contributed by atoms with Crippen molar-refractivity contribution in [3.63, 3.8) is 0 Å². The summed E-state index contributed by atoms with van der Waals surface area (Å²) in [7, 11) is 0. The molecule has 1 aromatic heterocycles. The van der Waals surface area contributed by atoms with E-state index < -0.39 is 5.97 Å². The average Bonchev–Trinajstić information content (AvgIpc) is 3.05. The third kappa shape index (κ3) is 3.27. The highest BCUT2D eigenvalue weighted by Crippen LogP contribution is 2.31. The fraction of sp³-hybridized carbons (Fsp3) is 0.294. The monoisotopic (exact) mass is 331 g/mol. The Morgan fingerprint density at radius 1 is 1.30 bits per heavy atom. The summed E-state index contributed by atoms with van der Waals surface area (Å²) in [4.78, 5) is 25.4. The van der Waals surface area contributed by atoms with Gasteiger partial charge in [-0.15, -0.1) is 0 Å². The number of furan rings is 1. The maximum atomic E-state index is 12.7. The van der Waals surface area contributed by atoms with Crippen molar-refractivity contribution in [3.8, 4) is 0 Å². The van der Waals surface area contributed by atoms with Crippen LogP contribution in [-0.4, -0.2) is 39.9 Å². The Balaban J connectivity index is 1.86. The second kappa shape index (κ2) is 6.50. The SMILES string of the molecule is Cc1ccc(C2CSCCN2C(=O)c2cc(C(=O)O)co2)cc1. The predicted molar refractivity (Wildman–Crippen MR) is 87.9 cm³/mol. The zero-order valence-corrected chi connectivity index (χ0v) is 13.5. The first-order valence-corrected chi connectivity index (χ1v) is 8.49. The molecule has 0 saturated carbocycles. The molecule has 1 aliphatic rings. The molecule has 1 amide bonds. The number of benzene rings is 1. The summed E-state index contributed by atoms with van der Waals surface area (Å²) in [5.74, 6) is 0.397. The lowest BCUT2D eigenvalue weighted by Crippen LogP contribution is -2.40. The Hall–Kier alpha value is -2.21. The van der Waals surface area contributed by atoms with Gasteiger partial charge in [0.05, 0.1) is 11.6 Å². The molecule has 1 atom stereocenters. The van der Waals surface area contributed by atoms with E-state index in [1.165, 1.54) is 11.6 Å². The van der Waals surface area contributed by atoms with Crippen molar-refractivity contribution in [2.24, 2.45) is 0 Å². The summed E-state index contributed by atoms with van der Waals surface area (Å²) in [6, 6.07) is 9.41. The van der Waals surface area contributed by atoms with Crippen LogP contribution in [0.4, 0.5) is 0 Å². The average molecular weight is 331 g/mol. The van der Waals surface area contributed by atoms with Gasteiger partial charge in [-0.1, -0.05) is 29.8 Å². The summed E-state index contributed by atoms with van der Waals surface area (Å²) in [6.45, 7) is 2.64. The molecule has 2 heterocycles. The lowest BCUT2D eigenvalue weighted by atomic mass is 10.0. The van der Waals surface area contributed by atoms with Crippen LogP contribution in [0.1, 0.15) is 38.1 Å². The first-order valence-electron chi connectivity index (χ1n) is 7.33. The van der Waals surface area contributed by atoms with Crippen LogP contribution in [-0.2, 0) is 0 Å². The lowest BCUT2D eigenvalue weighted by molar-refractivity contribution is 0.0666. The van der Waals surface area contributed by atoms with Crippen LogP contribution in [0.15, 0.2) is 41.0 Å². The molecule has 1 aliphatic heterocycles. The second-order valence-corrected chi connectivity index (χ2v) is 6.65. The first kappa shape index (κ1) is 15.7. The van der Waals surface area contributed by atoms with Crippen LogP contribution in [0.25, 0.3) is 0 Å². The van der Waals surface area contributed by atoms with Crippen molar-refractivity contribution in [1.82, 2.24) is 4.90 Å². The van der Waals surface area contributed by atoms with E-state index in [2.05, 4.69) is 0 Å². The molecule has 0 radical (unpaired) electrons. The Morgan fingerprint density at radius 3 is 2.70 bits per heavy atom. The van der Waals surface area contributed by atoms with Crippen LogP contribution in [0.3, 0.4) is 0 Å². The maximum Gasteiger partial charge on any atom is 0.338 e. The summed E-state index contributed by atoms with van der Waals surface area (Å²) >= 11 is 1.81. The maximum absolute atomic E-state index is 12.7. The topological polar surface area (TPSA) is 70.8 Å². The largest absolute Gasteiger partial charge is 0.478 e. The number of rotatable bonds is 3. The molecule has 6 heteroatoms. The van der Waals surface area contributed by atoms with Crippen LogP contribution in [0.5, 0.6) is 0 Å². The normalized spacial score (nSPS) is 18.0. The second-order valence-electron chi connectivity index (χ2n) is 5.50. The fourth-order valence-corrected chi connectivity index (χ4v) is 3.70. The molecular weight excluding hydrogens is 314 g/mol. The van der Waals surface area contributed by atoms with Crippen molar-refractivity contribution < 1.29 is 19.1 Å². The summed E-state index contributed by atoms with van der Waals surface area (Å²) < 4.78 is 5.17. The van der Waals surface area contributed by atoms with Gasteiger partial charge in [0.15, 0.2) is 5.76 Å². The van der Waals surface area contributed by atoms with E-state index in [4.69, 9.17) is 9.52 Å². The van der Waals surface area contributed by atoms with Crippen molar-refractivity contribution in [3.05, 3.63) is 59.0 Å². The third-order valence-electron chi connectivity index (χ3n) is 3.91. The zero-order valence-electron chi connectivity index (χ0n) is 12.7. The summed E-state index contributed by atoms with van der Waals surface area (Å²) in [5.41, 5.74) is 2.25. The van der Waals surface area contributed by atoms with E-state index >= 15 is 0 Å². The van der Waals surface area contributed by atoms with E-state index in [0.717, 1.165) is 23.3 Å². The number of carboxylic acids is 1. The number of thioether (sulfide) groups is 1. The molecule has 0 aliphatic carbocycles. The standard InChI is InChI=1S/C17H17NO4S/c1-11-2-4-12(5-3-11)14-10-23-7-6-18(14)16(19)15-8-13(9-22-15)17(20)21/h2-5,8-9,14H,6-7,10H2,1H3,(H,20,21). The van der Waals surface area contributed by atoms with Crippen molar-refractivity contribution >= 4 is 23.6 Å². The summed E-state index contributed by atoms with van der Waals surface area (Å²) in [6.07, 6.45) is 1.11. The number of aromatic carboxylic acids is 1. The Kier molecular flexibility index (Phi) is 4.43. The van der Waals surface area contributed by atoms with E-state index in [1.807, 2.05) is 43.0 Å². The molecular formula is C17H17NO4S. The third-order valence-corrected chi connectivity index (χ3v) is 4.93. The van der Waals surface area contributed by atoms with Crippen LogP contribution >= 0.6 is 11.8 Å². The number of hydrogen-bond donors (Lipinski definition) is 1. The molecule has 0 spiro atoms. The highest BCUT2D eigenvalue weighted by Gasteiger charge is 2.31. The molecule has 1 aromatic carbocycles. The highest BCUT2D eigenvalue weighted by molar-refractivity contribution is 7.99.